The lowest BCUT2D eigenvalue weighted by Gasteiger charge is -2.10. The van der Waals surface area contributed by atoms with Crippen molar-refractivity contribution in [1.82, 2.24) is 9.88 Å². The monoisotopic (exact) mass is 266 g/mol. The van der Waals surface area contributed by atoms with Crippen molar-refractivity contribution in [3.8, 4) is 0 Å². The van der Waals surface area contributed by atoms with Crippen LogP contribution in [0.15, 0.2) is 30.5 Å². The standard InChI is InChI=1S/C14H19ClN2O/c1-2-13(18)10-16-6-8-17-7-5-11-9-12(15)3-4-14(11)17/h3-5,7,9,13,16,18H,2,6,8,10H2,1H3. The molecule has 0 saturated heterocycles. The second kappa shape index (κ2) is 6.23. The summed E-state index contributed by atoms with van der Waals surface area (Å²) in [5.74, 6) is 0. The molecule has 0 aliphatic heterocycles. The van der Waals surface area contributed by atoms with Crippen molar-refractivity contribution in [1.29, 1.82) is 0 Å². The van der Waals surface area contributed by atoms with Gasteiger partial charge in [0.25, 0.3) is 0 Å². The largest absolute Gasteiger partial charge is 0.392 e. The average Bonchev–Trinajstić information content (AvgIpc) is 2.76. The number of fused-ring (bicyclic) bond motifs is 1. The molecule has 2 aromatic rings. The summed E-state index contributed by atoms with van der Waals surface area (Å²) < 4.78 is 2.19. The van der Waals surface area contributed by atoms with Crippen LogP contribution in [0, 0.1) is 0 Å². The summed E-state index contributed by atoms with van der Waals surface area (Å²) >= 11 is 5.96. The molecule has 0 amide bonds. The maximum Gasteiger partial charge on any atom is 0.0662 e. The number of aliphatic hydroxyl groups excluding tert-OH is 1. The minimum absolute atomic E-state index is 0.245. The van der Waals surface area contributed by atoms with Crippen LogP contribution in [0.4, 0.5) is 0 Å². The highest BCUT2D eigenvalue weighted by Crippen LogP contribution is 2.20. The molecular weight excluding hydrogens is 248 g/mol. The average molecular weight is 267 g/mol. The molecule has 1 aromatic heterocycles. The predicted octanol–water partition coefficient (Wildman–Crippen LogP) is 2.66. The Kier molecular flexibility index (Phi) is 4.64. The van der Waals surface area contributed by atoms with Gasteiger partial charge in [-0.15, -0.1) is 0 Å². The zero-order valence-corrected chi connectivity index (χ0v) is 11.3. The van der Waals surface area contributed by atoms with Gasteiger partial charge in [-0.05, 0) is 30.7 Å². The third kappa shape index (κ3) is 3.25. The molecule has 0 bridgehead atoms. The maximum absolute atomic E-state index is 9.43. The van der Waals surface area contributed by atoms with E-state index in [2.05, 4.69) is 22.1 Å². The van der Waals surface area contributed by atoms with E-state index in [9.17, 15) is 5.11 Å². The molecular formula is C14H19ClN2O. The first-order valence-electron chi connectivity index (χ1n) is 6.34. The van der Waals surface area contributed by atoms with Crippen molar-refractivity contribution >= 4 is 22.5 Å². The van der Waals surface area contributed by atoms with Crippen LogP contribution in [0.1, 0.15) is 13.3 Å². The summed E-state index contributed by atoms with van der Waals surface area (Å²) in [6, 6.07) is 8.00. The Morgan fingerprint density at radius 1 is 1.39 bits per heavy atom. The lowest BCUT2D eigenvalue weighted by atomic mass is 10.2. The highest BCUT2D eigenvalue weighted by Gasteiger charge is 2.02. The number of halogens is 1. The minimum Gasteiger partial charge on any atom is -0.392 e. The van der Waals surface area contributed by atoms with Crippen molar-refractivity contribution in [3.63, 3.8) is 0 Å². The second-order valence-corrected chi connectivity index (χ2v) is 4.91. The fraction of sp³-hybridized carbons (Fsp3) is 0.429. The molecule has 1 unspecified atom stereocenters. The molecule has 2 rings (SSSR count). The van der Waals surface area contributed by atoms with Crippen molar-refractivity contribution in [2.45, 2.75) is 26.0 Å². The molecule has 4 heteroatoms. The number of rotatable bonds is 6. The van der Waals surface area contributed by atoms with Gasteiger partial charge >= 0.3 is 0 Å². The van der Waals surface area contributed by atoms with Crippen molar-refractivity contribution < 1.29 is 5.11 Å². The molecule has 1 heterocycles. The smallest absolute Gasteiger partial charge is 0.0662 e. The molecule has 0 radical (unpaired) electrons. The third-order valence-corrected chi connectivity index (χ3v) is 3.35. The number of benzene rings is 1. The van der Waals surface area contributed by atoms with Crippen LogP contribution >= 0.6 is 11.6 Å². The molecule has 18 heavy (non-hydrogen) atoms. The molecule has 3 nitrogen and oxygen atoms in total. The van der Waals surface area contributed by atoms with Crippen LogP contribution in [0.25, 0.3) is 10.9 Å². The van der Waals surface area contributed by atoms with E-state index in [1.807, 2.05) is 25.1 Å². The molecule has 0 aliphatic rings. The summed E-state index contributed by atoms with van der Waals surface area (Å²) in [5.41, 5.74) is 1.19. The van der Waals surface area contributed by atoms with Crippen LogP contribution < -0.4 is 5.32 Å². The van der Waals surface area contributed by atoms with Gasteiger partial charge in [-0.25, -0.2) is 0 Å². The van der Waals surface area contributed by atoms with Gasteiger partial charge in [-0.2, -0.15) is 0 Å². The van der Waals surface area contributed by atoms with Gasteiger partial charge < -0.3 is 15.0 Å². The topological polar surface area (TPSA) is 37.2 Å². The predicted molar refractivity (Wildman–Crippen MR) is 76.1 cm³/mol. The Morgan fingerprint density at radius 2 is 2.22 bits per heavy atom. The molecule has 2 N–H and O–H groups in total. The number of nitrogens with zero attached hydrogens (tertiary/aromatic N) is 1. The maximum atomic E-state index is 9.43. The summed E-state index contributed by atoms with van der Waals surface area (Å²) in [4.78, 5) is 0. The number of hydrogen-bond donors (Lipinski definition) is 2. The SMILES string of the molecule is CCC(O)CNCCn1ccc2cc(Cl)ccc21. The van der Waals surface area contributed by atoms with E-state index < -0.39 is 0 Å². The van der Waals surface area contributed by atoms with Gasteiger partial charge in [-0.1, -0.05) is 18.5 Å². The first kappa shape index (κ1) is 13.4. The zero-order chi connectivity index (χ0) is 13.0. The fourth-order valence-corrected chi connectivity index (χ4v) is 2.16. The lowest BCUT2D eigenvalue weighted by Crippen LogP contribution is -2.28. The summed E-state index contributed by atoms with van der Waals surface area (Å²) in [6.45, 7) is 4.38. The first-order valence-corrected chi connectivity index (χ1v) is 6.71. The Morgan fingerprint density at radius 3 is 3.00 bits per heavy atom. The van der Waals surface area contributed by atoms with Gasteiger partial charge in [0.1, 0.15) is 0 Å². The highest BCUT2D eigenvalue weighted by molar-refractivity contribution is 6.31. The molecule has 1 atom stereocenters. The van der Waals surface area contributed by atoms with Crippen molar-refractivity contribution in [2.24, 2.45) is 0 Å². The zero-order valence-electron chi connectivity index (χ0n) is 10.6. The van der Waals surface area contributed by atoms with E-state index in [1.165, 1.54) is 5.52 Å². The van der Waals surface area contributed by atoms with E-state index in [0.29, 0.717) is 6.54 Å². The molecule has 0 spiro atoms. The van der Waals surface area contributed by atoms with E-state index in [4.69, 9.17) is 11.6 Å². The van der Waals surface area contributed by atoms with Crippen molar-refractivity contribution in [2.75, 3.05) is 13.1 Å². The fourth-order valence-electron chi connectivity index (χ4n) is 1.98. The van der Waals surface area contributed by atoms with Crippen LogP contribution in [0.3, 0.4) is 0 Å². The van der Waals surface area contributed by atoms with Crippen LogP contribution in [0.2, 0.25) is 5.02 Å². The highest BCUT2D eigenvalue weighted by atomic mass is 35.5. The summed E-state index contributed by atoms with van der Waals surface area (Å²) in [6.07, 6.45) is 2.61. The molecule has 0 fully saturated rings. The quantitative estimate of drug-likeness (QED) is 0.789. The van der Waals surface area contributed by atoms with E-state index >= 15 is 0 Å². The van der Waals surface area contributed by atoms with Gasteiger partial charge in [0, 0.05) is 41.8 Å². The van der Waals surface area contributed by atoms with Gasteiger partial charge in [0.05, 0.1) is 6.10 Å². The Balaban J connectivity index is 1.92. The Labute approximate surface area is 112 Å². The molecule has 0 aliphatic carbocycles. The number of aliphatic hydroxyl groups is 1. The van der Waals surface area contributed by atoms with Gasteiger partial charge in [-0.3, -0.25) is 0 Å². The van der Waals surface area contributed by atoms with Gasteiger partial charge in [0.2, 0.25) is 0 Å². The Bertz CT molecular complexity index is 509. The van der Waals surface area contributed by atoms with E-state index in [1.54, 1.807) is 0 Å². The number of aromatic nitrogens is 1. The molecule has 0 saturated carbocycles. The minimum atomic E-state index is -0.245. The summed E-state index contributed by atoms with van der Waals surface area (Å²) in [7, 11) is 0. The van der Waals surface area contributed by atoms with Crippen LogP contribution in [-0.2, 0) is 6.54 Å². The van der Waals surface area contributed by atoms with Crippen molar-refractivity contribution in [3.05, 3.63) is 35.5 Å². The first-order chi connectivity index (χ1) is 8.70. The second-order valence-electron chi connectivity index (χ2n) is 4.48. The third-order valence-electron chi connectivity index (χ3n) is 3.11. The van der Waals surface area contributed by atoms with E-state index in [-0.39, 0.29) is 6.10 Å². The lowest BCUT2D eigenvalue weighted by molar-refractivity contribution is 0.167. The van der Waals surface area contributed by atoms with Crippen LogP contribution in [-0.4, -0.2) is 28.9 Å². The number of nitrogens with one attached hydrogen (secondary N) is 1. The van der Waals surface area contributed by atoms with Crippen LogP contribution in [0.5, 0.6) is 0 Å². The number of hydrogen-bond acceptors (Lipinski definition) is 2. The normalized spacial score (nSPS) is 13.1. The summed E-state index contributed by atoms with van der Waals surface area (Å²) in [5, 5.41) is 14.6. The Hall–Kier alpha value is -1.03. The molecule has 98 valence electrons. The molecule has 1 aromatic carbocycles. The van der Waals surface area contributed by atoms with Gasteiger partial charge in [0.15, 0.2) is 0 Å². The van der Waals surface area contributed by atoms with E-state index in [0.717, 1.165) is 29.9 Å².